The van der Waals surface area contributed by atoms with Crippen molar-refractivity contribution in [1.29, 1.82) is 5.26 Å². The first-order valence-corrected chi connectivity index (χ1v) is 4.76. The fourth-order valence-electron chi connectivity index (χ4n) is 0.991. The van der Waals surface area contributed by atoms with Crippen molar-refractivity contribution in [2.75, 3.05) is 11.9 Å². The lowest BCUT2D eigenvalue weighted by Gasteiger charge is -2.26. The van der Waals surface area contributed by atoms with Crippen LogP contribution in [0.1, 0.15) is 26.0 Å². The lowest BCUT2D eigenvalue weighted by Crippen LogP contribution is -2.38. The molecule has 1 unspecified atom stereocenters. The Labute approximate surface area is 88.8 Å². The van der Waals surface area contributed by atoms with Gasteiger partial charge < -0.3 is 10.4 Å². The Bertz CT molecular complexity index is 368. The summed E-state index contributed by atoms with van der Waals surface area (Å²) in [4.78, 5) is 7.96. The van der Waals surface area contributed by atoms with Crippen molar-refractivity contribution in [3.05, 3.63) is 18.0 Å². The van der Waals surface area contributed by atoms with Crippen LogP contribution in [0.15, 0.2) is 12.3 Å². The summed E-state index contributed by atoms with van der Waals surface area (Å²) in [5.41, 5.74) is -0.141. The molecule has 0 aromatic carbocycles. The normalized spacial score (nSPS) is 14.0. The zero-order chi connectivity index (χ0) is 11.3. The van der Waals surface area contributed by atoms with Crippen LogP contribution < -0.4 is 5.32 Å². The first-order valence-electron chi connectivity index (χ1n) is 4.76. The van der Waals surface area contributed by atoms with E-state index < -0.39 is 5.54 Å². The molecule has 1 rings (SSSR count). The molecule has 0 saturated heterocycles. The molecule has 5 nitrogen and oxygen atoms in total. The van der Waals surface area contributed by atoms with Crippen LogP contribution in [0.4, 0.5) is 5.95 Å². The molecule has 5 heteroatoms. The molecule has 1 heterocycles. The van der Waals surface area contributed by atoms with E-state index in [4.69, 9.17) is 5.26 Å². The predicted octanol–water partition coefficient (Wildman–Crippen LogP) is 0.921. The van der Waals surface area contributed by atoms with E-state index in [0.717, 1.165) is 6.42 Å². The number of anilines is 1. The Hall–Kier alpha value is -1.67. The summed E-state index contributed by atoms with van der Waals surface area (Å²) in [5.74, 6) is 0.368. The van der Waals surface area contributed by atoms with Crippen LogP contribution in [0.5, 0.6) is 0 Å². The SMILES string of the molecule is CCC(C)(CO)Nc1nccc(C#N)n1. The van der Waals surface area contributed by atoms with Gasteiger partial charge in [0.25, 0.3) is 0 Å². The van der Waals surface area contributed by atoms with Crippen LogP contribution in [-0.2, 0) is 0 Å². The second-order valence-electron chi connectivity index (χ2n) is 3.57. The fourth-order valence-corrected chi connectivity index (χ4v) is 0.991. The summed E-state index contributed by atoms with van der Waals surface area (Å²) in [5, 5.41) is 20.9. The lowest BCUT2D eigenvalue weighted by atomic mass is 10.0. The lowest BCUT2D eigenvalue weighted by molar-refractivity contribution is 0.218. The second kappa shape index (κ2) is 4.71. The molecule has 1 aromatic heterocycles. The molecule has 0 aliphatic carbocycles. The molecule has 0 saturated carbocycles. The predicted molar refractivity (Wildman–Crippen MR) is 56.2 cm³/mol. The van der Waals surface area contributed by atoms with Gasteiger partial charge in [-0.05, 0) is 19.4 Å². The Morgan fingerprint density at radius 2 is 2.40 bits per heavy atom. The first kappa shape index (κ1) is 11.4. The van der Waals surface area contributed by atoms with Gasteiger partial charge in [0.2, 0.25) is 5.95 Å². The summed E-state index contributed by atoms with van der Waals surface area (Å²) in [6, 6.07) is 3.47. The molecule has 1 atom stereocenters. The highest BCUT2D eigenvalue weighted by Gasteiger charge is 2.21. The van der Waals surface area contributed by atoms with Gasteiger partial charge in [-0.25, -0.2) is 9.97 Å². The third-order valence-corrected chi connectivity index (χ3v) is 2.31. The molecule has 0 amide bonds. The van der Waals surface area contributed by atoms with Crippen molar-refractivity contribution in [2.24, 2.45) is 0 Å². The quantitative estimate of drug-likeness (QED) is 0.765. The number of nitrogens with one attached hydrogen (secondary N) is 1. The summed E-state index contributed by atoms with van der Waals surface area (Å²) in [6.07, 6.45) is 2.25. The van der Waals surface area contributed by atoms with Gasteiger partial charge in [-0.15, -0.1) is 0 Å². The number of hydrogen-bond acceptors (Lipinski definition) is 5. The molecule has 0 aliphatic rings. The average molecular weight is 206 g/mol. The van der Waals surface area contributed by atoms with Crippen molar-refractivity contribution in [2.45, 2.75) is 25.8 Å². The van der Waals surface area contributed by atoms with Crippen molar-refractivity contribution in [1.82, 2.24) is 9.97 Å². The van der Waals surface area contributed by atoms with E-state index in [1.807, 2.05) is 19.9 Å². The fraction of sp³-hybridized carbons (Fsp3) is 0.500. The largest absolute Gasteiger partial charge is 0.394 e. The van der Waals surface area contributed by atoms with Crippen LogP contribution >= 0.6 is 0 Å². The summed E-state index contributed by atoms with van der Waals surface area (Å²) >= 11 is 0. The van der Waals surface area contributed by atoms with Crippen molar-refractivity contribution in [3.8, 4) is 6.07 Å². The van der Waals surface area contributed by atoms with Crippen molar-refractivity contribution < 1.29 is 5.11 Å². The monoisotopic (exact) mass is 206 g/mol. The van der Waals surface area contributed by atoms with Crippen molar-refractivity contribution in [3.63, 3.8) is 0 Å². The molecule has 0 radical (unpaired) electrons. The minimum atomic E-state index is -0.450. The Kier molecular flexibility index (Phi) is 3.58. The van der Waals surface area contributed by atoms with Crippen LogP contribution in [-0.4, -0.2) is 27.2 Å². The Morgan fingerprint density at radius 3 is 2.93 bits per heavy atom. The van der Waals surface area contributed by atoms with Gasteiger partial charge in [-0.1, -0.05) is 6.92 Å². The number of aliphatic hydroxyl groups is 1. The number of hydrogen-bond donors (Lipinski definition) is 2. The maximum atomic E-state index is 9.19. The Morgan fingerprint density at radius 1 is 1.67 bits per heavy atom. The number of aliphatic hydroxyl groups excluding tert-OH is 1. The molecule has 0 fully saturated rings. The van der Waals surface area contributed by atoms with Gasteiger partial charge >= 0.3 is 0 Å². The maximum Gasteiger partial charge on any atom is 0.224 e. The number of aromatic nitrogens is 2. The van der Waals surface area contributed by atoms with Crippen LogP contribution in [0.2, 0.25) is 0 Å². The number of rotatable bonds is 4. The first-order chi connectivity index (χ1) is 7.13. The third-order valence-electron chi connectivity index (χ3n) is 2.31. The second-order valence-corrected chi connectivity index (χ2v) is 3.57. The summed E-state index contributed by atoms with van der Waals surface area (Å²) in [6.45, 7) is 3.82. The third kappa shape index (κ3) is 2.89. The van der Waals surface area contributed by atoms with Gasteiger partial charge in [0.05, 0.1) is 12.1 Å². The maximum absolute atomic E-state index is 9.19. The number of nitriles is 1. The van der Waals surface area contributed by atoms with Gasteiger partial charge in [0, 0.05) is 6.20 Å². The highest BCUT2D eigenvalue weighted by molar-refractivity contribution is 5.32. The smallest absolute Gasteiger partial charge is 0.224 e. The van der Waals surface area contributed by atoms with E-state index in [-0.39, 0.29) is 6.61 Å². The van der Waals surface area contributed by atoms with E-state index in [1.165, 1.54) is 12.3 Å². The molecular weight excluding hydrogens is 192 g/mol. The van der Waals surface area contributed by atoms with Gasteiger partial charge in [-0.2, -0.15) is 5.26 Å². The molecule has 0 spiro atoms. The van der Waals surface area contributed by atoms with Crippen LogP contribution in [0.3, 0.4) is 0 Å². The average Bonchev–Trinajstić information content (AvgIpc) is 2.29. The van der Waals surface area contributed by atoms with E-state index in [0.29, 0.717) is 11.6 Å². The standard InChI is InChI=1S/C10H14N4O/c1-3-10(2,7-15)14-9-12-5-4-8(6-11)13-9/h4-5,15H,3,7H2,1-2H3,(H,12,13,14). The van der Waals surface area contributed by atoms with Gasteiger partial charge in [0.1, 0.15) is 11.8 Å². The Balaban J connectivity index is 2.85. The van der Waals surface area contributed by atoms with E-state index in [1.54, 1.807) is 0 Å². The molecule has 2 N–H and O–H groups in total. The minimum absolute atomic E-state index is 0.0103. The van der Waals surface area contributed by atoms with E-state index in [9.17, 15) is 5.11 Å². The topological polar surface area (TPSA) is 81.8 Å². The van der Waals surface area contributed by atoms with Gasteiger partial charge in [0.15, 0.2) is 0 Å². The van der Waals surface area contributed by atoms with Crippen LogP contribution in [0, 0.1) is 11.3 Å². The highest BCUT2D eigenvalue weighted by Crippen LogP contribution is 2.14. The molecule has 15 heavy (non-hydrogen) atoms. The van der Waals surface area contributed by atoms with Gasteiger partial charge in [-0.3, -0.25) is 0 Å². The van der Waals surface area contributed by atoms with E-state index >= 15 is 0 Å². The summed E-state index contributed by atoms with van der Waals surface area (Å²) < 4.78 is 0. The molecule has 80 valence electrons. The minimum Gasteiger partial charge on any atom is -0.394 e. The molecule has 0 aliphatic heterocycles. The zero-order valence-electron chi connectivity index (χ0n) is 8.86. The van der Waals surface area contributed by atoms with Crippen molar-refractivity contribution >= 4 is 5.95 Å². The van der Waals surface area contributed by atoms with E-state index in [2.05, 4.69) is 15.3 Å². The highest BCUT2D eigenvalue weighted by atomic mass is 16.3. The molecule has 1 aromatic rings. The summed E-state index contributed by atoms with van der Waals surface area (Å²) in [7, 11) is 0. The number of nitrogens with zero attached hydrogens (tertiary/aromatic N) is 3. The van der Waals surface area contributed by atoms with Crippen LogP contribution in [0.25, 0.3) is 0 Å². The molecule has 0 bridgehead atoms. The molecular formula is C10H14N4O. The zero-order valence-corrected chi connectivity index (χ0v) is 8.86.